The van der Waals surface area contributed by atoms with Gasteiger partial charge < -0.3 is 15.2 Å². The lowest BCUT2D eigenvalue weighted by atomic mass is 10.1. The van der Waals surface area contributed by atoms with Gasteiger partial charge in [-0.25, -0.2) is 0 Å². The van der Waals surface area contributed by atoms with Crippen LogP contribution in [0.25, 0.3) is 6.08 Å². The first-order chi connectivity index (χ1) is 11.8. The molecule has 0 fully saturated rings. The highest BCUT2D eigenvalue weighted by atomic mass is 79.9. The summed E-state index contributed by atoms with van der Waals surface area (Å²) in [7, 11) is 1.51. The van der Waals surface area contributed by atoms with E-state index in [2.05, 4.69) is 37.2 Å². The molecule has 0 saturated carbocycles. The van der Waals surface area contributed by atoms with Crippen LogP contribution in [-0.4, -0.2) is 18.1 Å². The Morgan fingerprint density at radius 3 is 2.48 bits per heavy atom. The maximum atomic E-state index is 12.4. The van der Waals surface area contributed by atoms with E-state index in [1.807, 2.05) is 19.1 Å². The maximum Gasteiger partial charge on any atom is 0.266 e. The number of aryl methyl sites for hydroxylation is 1. The van der Waals surface area contributed by atoms with Crippen LogP contribution >= 0.6 is 31.9 Å². The molecule has 0 atom stereocenters. The van der Waals surface area contributed by atoms with Crippen LogP contribution in [-0.2, 0) is 4.79 Å². The molecule has 0 radical (unpaired) electrons. The molecule has 1 amide bonds. The van der Waals surface area contributed by atoms with Crippen molar-refractivity contribution in [1.29, 1.82) is 5.26 Å². The highest BCUT2D eigenvalue weighted by Gasteiger charge is 2.13. The number of carbonyl (C=O) groups is 1. The molecule has 25 heavy (non-hydrogen) atoms. The van der Waals surface area contributed by atoms with Crippen LogP contribution in [0.2, 0.25) is 0 Å². The number of ether oxygens (including phenoxy) is 1. The number of amides is 1. The molecule has 0 aliphatic rings. The van der Waals surface area contributed by atoms with Gasteiger partial charge in [0, 0.05) is 0 Å². The Hall–Kier alpha value is -2.30. The fraction of sp³-hybridized carbons (Fsp3) is 0.111. The molecule has 0 unspecified atom stereocenters. The standard InChI is InChI=1S/C18H14Br2N2O3/c1-10-3-4-16(25-2)15(5-10)22-18(24)12(9-21)6-11-7-13(19)17(23)14(20)8-11/h3-8,23H,1-2H3,(H,22,24)/b12-6+. The minimum atomic E-state index is -0.549. The van der Waals surface area contributed by atoms with Crippen LogP contribution in [0.1, 0.15) is 11.1 Å². The van der Waals surface area contributed by atoms with Crippen molar-refractivity contribution in [2.45, 2.75) is 6.92 Å². The van der Waals surface area contributed by atoms with Gasteiger partial charge in [-0.05, 0) is 80.3 Å². The number of phenolic OH excluding ortho intramolecular Hbond substituents is 1. The highest BCUT2D eigenvalue weighted by molar-refractivity contribution is 9.11. The third kappa shape index (κ3) is 4.62. The number of carbonyl (C=O) groups excluding carboxylic acids is 1. The van der Waals surface area contributed by atoms with Gasteiger partial charge in [-0.2, -0.15) is 5.26 Å². The predicted molar refractivity (Wildman–Crippen MR) is 103 cm³/mol. The SMILES string of the molecule is COc1ccc(C)cc1NC(=O)/C(C#N)=C/c1cc(Br)c(O)c(Br)c1. The lowest BCUT2D eigenvalue weighted by Crippen LogP contribution is -2.14. The van der Waals surface area contributed by atoms with Gasteiger partial charge in [0.1, 0.15) is 23.1 Å². The fourth-order valence-corrected chi connectivity index (χ4v) is 3.31. The number of hydrogen-bond donors (Lipinski definition) is 2. The number of methoxy groups -OCH3 is 1. The van der Waals surface area contributed by atoms with Gasteiger partial charge >= 0.3 is 0 Å². The van der Waals surface area contributed by atoms with Gasteiger partial charge in [-0.3, -0.25) is 4.79 Å². The maximum absolute atomic E-state index is 12.4. The largest absolute Gasteiger partial charge is 0.506 e. The number of benzene rings is 2. The van der Waals surface area contributed by atoms with Crippen molar-refractivity contribution in [2.24, 2.45) is 0 Å². The van der Waals surface area contributed by atoms with Crippen molar-refractivity contribution in [3.63, 3.8) is 0 Å². The van der Waals surface area contributed by atoms with Gasteiger partial charge in [0.2, 0.25) is 0 Å². The van der Waals surface area contributed by atoms with E-state index in [0.29, 0.717) is 25.9 Å². The molecule has 0 bridgehead atoms. The molecule has 0 heterocycles. The van der Waals surface area contributed by atoms with Crippen LogP contribution in [0, 0.1) is 18.3 Å². The molecular formula is C18H14Br2N2O3. The summed E-state index contributed by atoms with van der Waals surface area (Å²) in [6, 6.07) is 10.5. The van der Waals surface area contributed by atoms with Gasteiger partial charge in [0.05, 0.1) is 21.7 Å². The molecule has 2 rings (SSSR count). The summed E-state index contributed by atoms with van der Waals surface area (Å²) in [5.74, 6) is 0.00249. The zero-order valence-corrected chi connectivity index (χ0v) is 16.6. The van der Waals surface area contributed by atoms with Crippen molar-refractivity contribution in [3.05, 3.63) is 56.0 Å². The Labute approximate surface area is 162 Å². The number of rotatable bonds is 4. The van der Waals surface area contributed by atoms with Crippen LogP contribution in [0.3, 0.4) is 0 Å². The fourth-order valence-electron chi connectivity index (χ4n) is 2.09. The minimum Gasteiger partial charge on any atom is -0.506 e. The van der Waals surface area contributed by atoms with E-state index in [4.69, 9.17) is 4.74 Å². The Morgan fingerprint density at radius 1 is 1.28 bits per heavy atom. The van der Waals surface area contributed by atoms with Crippen molar-refractivity contribution in [3.8, 4) is 17.6 Å². The Morgan fingerprint density at radius 2 is 1.92 bits per heavy atom. The number of aromatic hydroxyl groups is 1. The third-order valence-electron chi connectivity index (χ3n) is 3.32. The zero-order chi connectivity index (χ0) is 18.6. The average molecular weight is 466 g/mol. The first kappa shape index (κ1) is 19.0. The first-order valence-electron chi connectivity index (χ1n) is 7.11. The number of nitrogens with zero attached hydrogens (tertiary/aromatic N) is 1. The van der Waals surface area contributed by atoms with Crippen LogP contribution in [0.15, 0.2) is 44.9 Å². The predicted octanol–water partition coefficient (Wildman–Crippen LogP) is 4.78. The van der Waals surface area contributed by atoms with E-state index < -0.39 is 5.91 Å². The quantitative estimate of drug-likeness (QED) is 0.502. The molecule has 2 aromatic rings. The normalized spacial score (nSPS) is 10.9. The van der Waals surface area contributed by atoms with E-state index in [1.165, 1.54) is 13.2 Å². The van der Waals surface area contributed by atoms with Gasteiger partial charge in [-0.15, -0.1) is 0 Å². The molecule has 2 N–H and O–H groups in total. The number of halogens is 2. The molecule has 7 heteroatoms. The number of anilines is 1. The molecule has 0 spiro atoms. The summed E-state index contributed by atoms with van der Waals surface area (Å²) in [5.41, 5.74) is 1.94. The Kier molecular flexibility index (Phi) is 6.23. The van der Waals surface area contributed by atoms with Gasteiger partial charge in [0.15, 0.2) is 0 Å². The van der Waals surface area contributed by atoms with Gasteiger partial charge in [0.25, 0.3) is 5.91 Å². The molecule has 5 nitrogen and oxygen atoms in total. The molecule has 128 valence electrons. The highest BCUT2D eigenvalue weighted by Crippen LogP contribution is 2.34. The van der Waals surface area contributed by atoms with Crippen LogP contribution in [0.5, 0.6) is 11.5 Å². The second-order valence-electron chi connectivity index (χ2n) is 5.16. The molecule has 0 aliphatic carbocycles. The lowest BCUT2D eigenvalue weighted by molar-refractivity contribution is -0.112. The summed E-state index contributed by atoms with van der Waals surface area (Å²) in [6.45, 7) is 1.89. The number of phenols is 1. The number of nitriles is 1. The van der Waals surface area contributed by atoms with E-state index in [-0.39, 0.29) is 11.3 Å². The topological polar surface area (TPSA) is 82.3 Å². The lowest BCUT2D eigenvalue weighted by Gasteiger charge is -2.10. The number of nitrogens with one attached hydrogen (secondary N) is 1. The molecule has 0 aliphatic heterocycles. The second-order valence-corrected chi connectivity index (χ2v) is 6.87. The van der Waals surface area contributed by atoms with Crippen molar-refractivity contribution >= 4 is 49.5 Å². The van der Waals surface area contributed by atoms with Crippen molar-refractivity contribution in [2.75, 3.05) is 12.4 Å². The summed E-state index contributed by atoms with van der Waals surface area (Å²) in [6.07, 6.45) is 1.44. The van der Waals surface area contributed by atoms with E-state index in [1.54, 1.807) is 24.3 Å². The summed E-state index contributed by atoms with van der Waals surface area (Å²) in [5, 5.41) is 21.8. The summed E-state index contributed by atoms with van der Waals surface area (Å²) in [4.78, 5) is 12.4. The first-order valence-corrected chi connectivity index (χ1v) is 8.70. The Balaban J connectivity index is 2.34. The molecule has 2 aromatic carbocycles. The van der Waals surface area contributed by atoms with E-state index >= 15 is 0 Å². The van der Waals surface area contributed by atoms with Crippen LogP contribution < -0.4 is 10.1 Å². The smallest absolute Gasteiger partial charge is 0.266 e. The zero-order valence-electron chi connectivity index (χ0n) is 13.4. The monoisotopic (exact) mass is 464 g/mol. The Bertz CT molecular complexity index is 879. The van der Waals surface area contributed by atoms with E-state index in [0.717, 1.165) is 5.56 Å². The summed E-state index contributed by atoms with van der Waals surface area (Å²) < 4.78 is 6.12. The minimum absolute atomic E-state index is 0.0459. The van der Waals surface area contributed by atoms with Gasteiger partial charge in [-0.1, -0.05) is 6.07 Å². The van der Waals surface area contributed by atoms with Crippen molar-refractivity contribution < 1.29 is 14.6 Å². The van der Waals surface area contributed by atoms with Crippen LogP contribution in [0.4, 0.5) is 5.69 Å². The average Bonchev–Trinajstić information content (AvgIpc) is 2.57. The summed E-state index contributed by atoms with van der Waals surface area (Å²) >= 11 is 6.43. The van der Waals surface area contributed by atoms with E-state index in [9.17, 15) is 15.2 Å². The third-order valence-corrected chi connectivity index (χ3v) is 4.53. The molecular weight excluding hydrogens is 452 g/mol. The number of hydrogen-bond acceptors (Lipinski definition) is 4. The molecule has 0 saturated heterocycles. The van der Waals surface area contributed by atoms with Crippen molar-refractivity contribution in [1.82, 2.24) is 0 Å². The second kappa shape index (κ2) is 8.19. The molecule has 0 aromatic heterocycles.